The van der Waals surface area contributed by atoms with E-state index in [0.717, 1.165) is 27.8 Å². The molecule has 29 heavy (non-hydrogen) atoms. The summed E-state index contributed by atoms with van der Waals surface area (Å²) in [5.74, 6) is 0.862. The van der Waals surface area contributed by atoms with E-state index >= 15 is 0 Å². The van der Waals surface area contributed by atoms with Crippen molar-refractivity contribution in [3.63, 3.8) is 0 Å². The normalized spacial score (nSPS) is 15.8. The van der Waals surface area contributed by atoms with Crippen molar-refractivity contribution < 1.29 is 4.79 Å². The molecule has 3 nitrogen and oxygen atoms in total. The largest absolute Gasteiger partial charge is 0.274 e. The van der Waals surface area contributed by atoms with Crippen molar-refractivity contribution in [2.75, 3.05) is 4.90 Å². The fourth-order valence-corrected chi connectivity index (χ4v) is 6.25. The van der Waals surface area contributed by atoms with Crippen LogP contribution in [-0.2, 0) is 17.0 Å². The van der Waals surface area contributed by atoms with Crippen LogP contribution in [0.5, 0.6) is 0 Å². The highest BCUT2D eigenvalue weighted by molar-refractivity contribution is 7.98. The monoisotopic (exact) mass is 422 g/mol. The number of rotatable bonds is 5. The molecule has 0 fully saturated rings. The maximum Gasteiger partial charge on any atom is 0.230 e. The zero-order valence-electron chi connectivity index (χ0n) is 17.1. The summed E-state index contributed by atoms with van der Waals surface area (Å²) >= 11 is 3.51. The molecule has 0 radical (unpaired) electrons. The Kier molecular flexibility index (Phi) is 6.07. The van der Waals surface area contributed by atoms with Gasteiger partial charge in [-0.1, -0.05) is 42.0 Å². The SMILES string of the molecule is CC(=O)N(c1nc(CSC2CCCc3ccccc32)cs1)c1ccc(C)cc1C. The van der Waals surface area contributed by atoms with Crippen molar-refractivity contribution in [1.82, 2.24) is 4.98 Å². The fourth-order valence-electron chi connectivity index (χ4n) is 4.00. The highest BCUT2D eigenvalue weighted by Crippen LogP contribution is 2.41. The Morgan fingerprint density at radius 1 is 1.24 bits per heavy atom. The molecule has 1 aromatic heterocycles. The second-order valence-electron chi connectivity index (χ2n) is 7.66. The average molecular weight is 423 g/mol. The molecular weight excluding hydrogens is 396 g/mol. The van der Waals surface area contributed by atoms with Gasteiger partial charge < -0.3 is 0 Å². The number of benzene rings is 2. The van der Waals surface area contributed by atoms with E-state index in [0.29, 0.717) is 5.25 Å². The summed E-state index contributed by atoms with van der Waals surface area (Å²) < 4.78 is 0. The number of nitrogens with zero attached hydrogens (tertiary/aromatic N) is 2. The predicted octanol–water partition coefficient (Wildman–Crippen LogP) is 6.76. The molecule has 0 aliphatic heterocycles. The van der Waals surface area contributed by atoms with Crippen LogP contribution in [0.4, 0.5) is 10.8 Å². The van der Waals surface area contributed by atoms with Crippen LogP contribution in [0.3, 0.4) is 0 Å². The Morgan fingerprint density at radius 2 is 2.07 bits per heavy atom. The molecule has 5 heteroatoms. The van der Waals surface area contributed by atoms with E-state index in [9.17, 15) is 4.79 Å². The smallest absolute Gasteiger partial charge is 0.230 e. The Balaban J connectivity index is 1.51. The minimum absolute atomic E-state index is 0.00767. The lowest BCUT2D eigenvalue weighted by Gasteiger charge is -2.24. The maximum absolute atomic E-state index is 12.4. The number of thioether (sulfide) groups is 1. The highest BCUT2D eigenvalue weighted by atomic mass is 32.2. The molecule has 150 valence electrons. The Bertz CT molecular complexity index is 1030. The van der Waals surface area contributed by atoms with Crippen LogP contribution < -0.4 is 4.90 Å². The van der Waals surface area contributed by atoms with Crippen LogP contribution in [0.1, 0.15) is 53.0 Å². The van der Waals surface area contributed by atoms with Gasteiger partial charge in [-0.25, -0.2) is 4.98 Å². The Labute approximate surface area is 181 Å². The Morgan fingerprint density at radius 3 is 2.86 bits per heavy atom. The second-order valence-corrected chi connectivity index (χ2v) is 9.68. The van der Waals surface area contributed by atoms with Crippen molar-refractivity contribution in [3.05, 3.63) is 75.8 Å². The molecule has 1 aliphatic carbocycles. The first-order chi connectivity index (χ1) is 14.0. The van der Waals surface area contributed by atoms with Crippen LogP contribution in [-0.4, -0.2) is 10.9 Å². The molecule has 4 rings (SSSR count). The number of hydrogen-bond acceptors (Lipinski definition) is 4. The number of aryl methyl sites for hydroxylation is 3. The molecule has 0 spiro atoms. The zero-order valence-corrected chi connectivity index (χ0v) is 18.8. The average Bonchev–Trinajstić information content (AvgIpc) is 3.16. The summed E-state index contributed by atoms with van der Waals surface area (Å²) in [5, 5.41) is 3.38. The summed E-state index contributed by atoms with van der Waals surface area (Å²) in [6.45, 7) is 5.72. The summed E-state index contributed by atoms with van der Waals surface area (Å²) in [6.07, 6.45) is 3.67. The summed E-state index contributed by atoms with van der Waals surface area (Å²) in [4.78, 5) is 19.0. The van der Waals surface area contributed by atoms with E-state index in [2.05, 4.69) is 42.6 Å². The van der Waals surface area contributed by atoms with Gasteiger partial charge in [0.2, 0.25) is 5.91 Å². The number of carbonyl (C=O) groups is 1. The lowest BCUT2D eigenvalue weighted by atomic mass is 9.91. The molecule has 1 unspecified atom stereocenters. The molecule has 1 amide bonds. The molecule has 0 saturated carbocycles. The predicted molar refractivity (Wildman–Crippen MR) is 124 cm³/mol. The molecule has 2 aromatic carbocycles. The third kappa shape index (κ3) is 4.41. The number of thiazole rings is 1. The van der Waals surface area contributed by atoms with Gasteiger partial charge in [-0.3, -0.25) is 9.69 Å². The van der Waals surface area contributed by atoms with Crippen LogP contribution >= 0.6 is 23.1 Å². The molecule has 1 aliphatic rings. The fraction of sp³-hybridized carbons (Fsp3) is 0.333. The van der Waals surface area contributed by atoms with Gasteiger partial charge in [0.1, 0.15) is 0 Å². The lowest BCUT2D eigenvalue weighted by molar-refractivity contribution is -0.115. The van der Waals surface area contributed by atoms with Gasteiger partial charge in [0, 0.05) is 23.3 Å². The number of amides is 1. The first-order valence-corrected chi connectivity index (χ1v) is 12.0. The van der Waals surface area contributed by atoms with Gasteiger partial charge in [0.25, 0.3) is 0 Å². The number of aromatic nitrogens is 1. The summed E-state index contributed by atoms with van der Waals surface area (Å²) in [6, 6.07) is 15.0. The van der Waals surface area contributed by atoms with E-state index in [4.69, 9.17) is 4.98 Å². The van der Waals surface area contributed by atoms with E-state index in [1.807, 2.05) is 30.8 Å². The van der Waals surface area contributed by atoms with E-state index in [1.54, 1.807) is 23.2 Å². The van der Waals surface area contributed by atoms with Crippen LogP contribution in [0.15, 0.2) is 47.8 Å². The summed E-state index contributed by atoms with van der Waals surface area (Å²) in [7, 11) is 0. The number of anilines is 2. The van der Waals surface area contributed by atoms with Crippen molar-refractivity contribution in [2.45, 2.75) is 51.0 Å². The van der Waals surface area contributed by atoms with Crippen molar-refractivity contribution in [3.8, 4) is 0 Å². The van der Waals surface area contributed by atoms with Gasteiger partial charge in [-0.2, -0.15) is 0 Å². The number of fused-ring (bicyclic) bond motifs is 1. The first kappa shape index (κ1) is 20.2. The first-order valence-electron chi connectivity index (χ1n) is 10.0. The van der Waals surface area contributed by atoms with Crippen molar-refractivity contribution in [1.29, 1.82) is 0 Å². The second kappa shape index (κ2) is 8.72. The standard InChI is InChI=1S/C24H26N2OS2/c1-16-11-12-22(17(2)13-16)26(18(3)27)24-25-20(15-29-24)14-28-23-10-6-8-19-7-4-5-9-21(19)23/h4-5,7,9,11-13,15,23H,6,8,10,14H2,1-3H3. The summed E-state index contributed by atoms with van der Waals surface area (Å²) in [5.41, 5.74) is 7.23. The minimum atomic E-state index is -0.00767. The molecule has 1 heterocycles. The van der Waals surface area contributed by atoms with Crippen LogP contribution in [0.25, 0.3) is 0 Å². The Hall–Kier alpha value is -2.11. The quantitative estimate of drug-likeness (QED) is 0.456. The molecular formula is C24H26N2OS2. The van der Waals surface area contributed by atoms with Gasteiger partial charge in [0.15, 0.2) is 5.13 Å². The molecule has 3 aromatic rings. The van der Waals surface area contributed by atoms with Crippen molar-refractivity contribution in [2.24, 2.45) is 0 Å². The number of carbonyl (C=O) groups excluding carboxylic acids is 1. The highest BCUT2D eigenvalue weighted by Gasteiger charge is 2.22. The third-order valence-electron chi connectivity index (χ3n) is 5.39. The molecule has 0 N–H and O–H groups in total. The lowest BCUT2D eigenvalue weighted by Crippen LogP contribution is -2.23. The molecule has 0 saturated heterocycles. The van der Waals surface area contributed by atoms with Gasteiger partial charge in [-0.05, 0) is 55.9 Å². The molecule has 1 atom stereocenters. The van der Waals surface area contributed by atoms with Crippen LogP contribution in [0.2, 0.25) is 0 Å². The van der Waals surface area contributed by atoms with E-state index in [-0.39, 0.29) is 5.91 Å². The topological polar surface area (TPSA) is 33.2 Å². The molecule has 0 bridgehead atoms. The van der Waals surface area contributed by atoms with Gasteiger partial charge in [-0.15, -0.1) is 23.1 Å². The zero-order chi connectivity index (χ0) is 20.4. The van der Waals surface area contributed by atoms with E-state index < -0.39 is 0 Å². The van der Waals surface area contributed by atoms with Crippen LogP contribution in [0, 0.1) is 13.8 Å². The minimum Gasteiger partial charge on any atom is -0.274 e. The maximum atomic E-state index is 12.4. The van der Waals surface area contributed by atoms with Gasteiger partial charge >= 0.3 is 0 Å². The van der Waals surface area contributed by atoms with Gasteiger partial charge in [0.05, 0.1) is 11.4 Å². The van der Waals surface area contributed by atoms with E-state index in [1.165, 1.54) is 36.0 Å². The number of hydrogen-bond donors (Lipinski definition) is 0. The van der Waals surface area contributed by atoms with Crippen molar-refractivity contribution >= 4 is 39.8 Å². The third-order valence-corrected chi connectivity index (χ3v) is 7.61.